The summed E-state index contributed by atoms with van der Waals surface area (Å²) in [6.07, 6.45) is 0. The van der Waals surface area contributed by atoms with Crippen LogP contribution in [0.4, 0.5) is 5.82 Å². The summed E-state index contributed by atoms with van der Waals surface area (Å²) in [5.74, 6) is -3.54. The molecule has 3 aliphatic carbocycles. The molecule has 1 aliphatic heterocycles. The average Bonchev–Trinajstić information content (AvgIpc) is 3.43. The molecule has 0 spiro atoms. The van der Waals surface area contributed by atoms with E-state index in [0.29, 0.717) is 5.76 Å². The highest BCUT2D eigenvalue weighted by Crippen LogP contribution is 2.61. The van der Waals surface area contributed by atoms with Gasteiger partial charge in [0.2, 0.25) is 11.8 Å². The topological polar surface area (TPSA) is 119 Å². The van der Waals surface area contributed by atoms with Crippen molar-refractivity contribution in [2.24, 2.45) is 17.8 Å². The molecule has 4 aliphatic rings. The monoisotopic (exact) mass is 513 g/mol. The van der Waals surface area contributed by atoms with E-state index in [1.165, 1.54) is 6.07 Å². The van der Waals surface area contributed by atoms with E-state index < -0.39 is 42.3 Å². The first-order valence-electron chi connectivity index (χ1n) is 12.7. The van der Waals surface area contributed by atoms with Crippen molar-refractivity contribution in [3.05, 3.63) is 82.6 Å². The van der Waals surface area contributed by atoms with E-state index in [0.717, 1.165) is 27.2 Å². The van der Waals surface area contributed by atoms with Crippen LogP contribution in [0.25, 0.3) is 0 Å². The van der Waals surface area contributed by atoms with E-state index in [2.05, 4.69) is 10.5 Å². The molecule has 3 amide bonds. The fourth-order valence-corrected chi connectivity index (χ4v) is 6.48. The number of aryl methyl sites for hydroxylation is 1. The third-order valence-electron chi connectivity index (χ3n) is 7.87. The largest absolute Gasteiger partial charge is 0.454 e. The van der Waals surface area contributed by atoms with Crippen molar-refractivity contribution in [3.63, 3.8) is 0 Å². The third-order valence-corrected chi connectivity index (χ3v) is 7.87. The standard InChI is InChI=1S/C29H27N3O6/c1-14(2)26(29(36)37-13-21(33)30-20-12-15(3)38-31-20)32-27(34)24-22-16-8-4-5-9-17(16)23(25(24)28(32)35)19-11-7-6-10-18(19)22/h4-12,14,22-26H,13H2,1-3H3,(H,30,31,33)/t22?,23?,24-,25+,26-/m0/s1. The Morgan fingerprint density at radius 2 is 1.45 bits per heavy atom. The number of imide groups is 1. The molecule has 9 heteroatoms. The van der Waals surface area contributed by atoms with E-state index in [9.17, 15) is 19.2 Å². The number of hydrogen-bond acceptors (Lipinski definition) is 7. The number of amides is 3. The van der Waals surface area contributed by atoms with Crippen molar-refractivity contribution in [2.45, 2.75) is 38.6 Å². The summed E-state index contributed by atoms with van der Waals surface area (Å²) in [6, 6.07) is 16.3. The molecule has 2 bridgehead atoms. The number of anilines is 1. The van der Waals surface area contributed by atoms with Gasteiger partial charge in [-0.2, -0.15) is 0 Å². The predicted octanol–water partition coefficient (Wildman–Crippen LogP) is 3.38. The first kappa shape index (κ1) is 24.1. The normalized spacial score (nSPS) is 23.6. The van der Waals surface area contributed by atoms with Crippen LogP contribution < -0.4 is 5.32 Å². The zero-order valence-corrected chi connectivity index (χ0v) is 21.2. The van der Waals surface area contributed by atoms with Crippen molar-refractivity contribution < 1.29 is 28.4 Å². The summed E-state index contributed by atoms with van der Waals surface area (Å²) in [5.41, 5.74) is 4.24. The second kappa shape index (κ2) is 8.93. The molecular weight excluding hydrogens is 486 g/mol. The molecule has 38 heavy (non-hydrogen) atoms. The number of aromatic nitrogens is 1. The Morgan fingerprint density at radius 3 is 1.87 bits per heavy atom. The summed E-state index contributed by atoms with van der Waals surface area (Å²) < 4.78 is 10.2. The number of ether oxygens (including phenoxy) is 1. The van der Waals surface area contributed by atoms with Crippen LogP contribution in [0.5, 0.6) is 0 Å². The van der Waals surface area contributed by atoms with Gasteiger partial charge in [-0.25, -0.2) is 4.79 Å². The second-order valence-corrected chi connectivity index (χ2v) is 10.5. The fourth-order valence-electron chi connectivity index (χ4n) is 6.48. The Balaban J connectivity index is 1.28. The van der Waals surface area contributed by atoms with Crippen LogP contribution in [0.2, 0.25) is 0 Å². The van der Waals surface area contributed by atoms with Crippen LogP contribution in [0.1, 0.15) is 53.7 Å². The number of hydrogen-bond donors (Lipinski definition) is 1. The van der Waals surface area contributed by atoms with Gasteiger partial charge in [0, 0.05) is 17.9 Å². The highest BCUT2D eigenvalue weighted by atomic mass is 16.5. The molecule has 194 valence electrons. The maximum Gasteiger partial charge on any atom is 0.330 e. The van der Waals surface area contributed by atoms with Crippen molar-refractivity contribution >= 4 is 29.5 Å². The van der Waals surface area contributed by atoms with E-state index in [1.54, 1.807) is 20.8 Å². The molecular formula is C29H27N3O6. The van der Waals surface area contributed by atoms with Crippen LogP contribution in [0.3, 0.4) is 0 Å². The van der Waals surface area contributed by atoms with Gasteiger partial charge in [0.25, 0.3) is 5.91 Å². The SMILES string of the molecule is Cc1cc(NC(=O)COC(=O)[C@H](C(C)C)N2C(=O)[C@@H]3C4c5ccccc5C(c5ccccc54)[C@@H]3C2=O)no1. The molecule has 0 unspecified atom stereocenters. The van der Waals surface area contributed by atoms with E-state index in [-0.39, 0.29) is 29.5 Å². The van der Waals surface area contributed by atoms with Gasteiger partial charge in [0.1, 0.15) is 11.8 Å². The van der Waals surface area contributed by atoms with Gasteiger partial charge >= 0.3 is 5.97 Å². The van der Waals surface area contributed by atoms with E-state index in [4.69, 9.17) is 9.26 Å². The van der Waals surface area contributed by atoms with Gasteiger partial charge < -0.3 is 14.6 Å². The quantitative estimate of drug-likeness (QED) is 0.396. The summed E-state index contributed by atoms with van der Waals surface area (Å²) in [5, 5.41) is 6.17. The van der Waals surface area contributed by atoms with Crippen LogP contribution in [-0.2, 0) is 23.9 Å². The number of benzene rings is 2. The molecule has 1 fully saturated rings. The molecule has 0 saturated carbocycles. The second-order valence-electron chi connectivity index (χ2n) is 10.5. The summed E-state index contributed by atoms with van der Waals surface area (Å²) in [7, 11) is 0. The van der Waals surface area contributed by atoms with Crippen LogP contribution in [0, 0.1) is 24.7 Å². The summed E-state index contributed by atoms with van der Waals surface area (Å²) >= 11 is 0. The molecule has 2 heterocycles. The lowest BCUT2D eigenvalue weighted by Crippen LogP contribution is -2.49. The Morgan fingerprint density at radius 1 is 0.947 bits per heavy atom. The number of carbonyl (C=O) groups excluding carboxylic acids is 4. The Bertz CT molecular complexity index is 1360. The maximum absolute atomic E-state index is 14.0. The average molecular weight is 514 g/mol. The van der Waals surface area contributed by atoms with Crippen molar-refractivity contribution in [1.82, 2.24) is 10.1 Å². The molecule has 1 aromatic heterocycles. The molecule has 3 aromatic rings. The maximum atomic E-state index is 14.0. The lowest BCUT2D eigenvalue weighted by molar-refractivity contribution is -0.162. The zero-order valence-electron chi connectivity index (χ0n) is 21.2. The minimum absolute atomic E-state index is 0.201. The van der Waals surface area contributed by atoms with E-state index >= 15 is 0 Å². The molecule has 9 nitrogen and oxygen atoms in total. The minimum atomic E-state index is -1.15. The highest BCUT2D eigenvalue weighted by Gasteiger charge is 2.63. The lowest BCUT2D eigenvalue weighted by atomic mass is 9.55. The number of rotatable bonds is 6. The lowest BCUT2D eigenvalue weighted by Gasteiger charge is -2.45. The Kier molecular flexibility index (Phi) is 5.66. The Hall–Kier alpha value is -4.27. The summed E-state index contributed by atoms with van der Waals surface area (Å²) in [4.78, 5) is 54.7. The first-order valence-corrected chi connectivity index (χ1v) is 12.7. The van der Waals surface area contributed by atoms with Gasteiger partial charge in [-0.3, -0.25) is 19.3 Å². The van der Waals surface area contributed by atoms with Crippen molar-refractivity contribution in [3.8, 4) is 0 Å². The first-order chi connectivity index (χ1) is 18.3. The van der Waals surface area contributed by atoms with Crippen LogP contribution in [0.15, 0.2) is 59.1 Å². The smallest absolute Gasteiger partial charge is 0.330 e. The zero-order chi connectivity index (χ0) is 26.7. The number of carbonyl (C=O) groups is 4. The Labute approximate surface area is 219 Å². The highest BCUT2D eigenvalue weighted by molar-refractivity contribution is 6.10. The summed E-state index contributed by atoms with van der Waals surface area (Å²) in [6.45, 7) is 4.61. The molecule has 1 saturated heterocycles. The van der Waals surface area contributed by atoms with Crippen molar-refractivity contribution in [2.75, 3.05) is 11.9 Å². The number of esters is 1. The molecule has 1 N–H and O–H groups in total. The van der Waals surface area contributed by atoms with Gasteiger partial charge in [0.05, 0.1) is 11.8 Å². The number of likely N-dealkylation sites (tertiary alicyclic amines) is 1. The molecule has 0 radical (unpaired) electrons. The predicted molar refractivity (Wildman–Crippen MR) is 135 cm³/mol. The fraction of sp³-hybridized carbons (Fsp3) is 0.345. The van der Waals surface area contributed by atoms with E-state index in [1.807, 2.05) is 48.5 Å². The van der Waals surface area contributed by atoms with Crippen molar-refractivity contribution in [1.29, 1.82) is 0 Å². The van der Waals surface area contributed by atoms with Gasteiger partial charge in [0.15, 0.2) is 12.4 Å². The minimum Gasteiger partial charge on any atom is -0.454 e. The number of nitrogens with one attached hydrogen (secondary N) is 1. The van der Waals surface area contributed by atoms with Gasteiger partial charge in [-0.1, -0.05) is 67.5 Å². The van der Waals surface area contributed by atoms with Crippen LogP contribution in [-0.4, -0.2) is 46.4 Å². The van der Waals surface area contributed by atoms with Gasteiger partial charge in [-0.05, 0) is 35.1 Å². The number of nitrogens with zero attached hydrogens (tertiary/aromatic N) is 2. The van der Waals surface area contributed by atoms with Crippen LogP contribution >= 0.6 is 0 Å². The third kappa shape index (κ3) is 3.56. The van der Waals surface area contributed by atoms with Gasteiger partial charge in [-0.15, -0.1) is 0 Å². The molecule has 2 aromatic carbocycles. The molecule has 3 atom stereocenters. The molecule has 7 rings (SSSR count).